The molecule has 3 aliphatic heterocycles. The van der Waals surface area contributed by atoms with Crippen molar-refractivity contribution in [2.75, 3.05) is 54.9 Å². The summed E-state index contributed by atoms with van der Waals surface area (Å²) in [6.07, 6.45) is 3.12. The first kappa shape index (κ1) is 47.5. The first-order valence-corrected chi connectivity index (χ1v) is 24.7. The number of benzene rings is 4. The van der Waals surface area contributed by atoms with Gasteiger partial charge in [-0.2, -0.15) is 5.10 Å². The van der Waals surface area contributed by atoms with Crippen molar-refractivity contribution >= 4 is 72.7 Å². The van der Waals surface area contributed by atoms with E-state index in [4.69, 9.17) is 9.72 Å². The predicted octanol–water partition coefficient (Wildman–Crippen LogP) is 7.94. The zero-order chi connectivity index (χ0) is 49.6. The fourth-order valence-electron chi connectivity index (χ4n) is 10.4. The number of carbonyl (C=O) groups excluding carboxylic acids is 4. The standard InChI is InChI=1S/C53H54F2N10O5S/c1-31-25-63(26-32(2)65(31)28-47(67)57-42-15-8-13-38-48(61-62(4)49(38)42)39-19-21-46(66)59-51(39)69)29-53(54,55)30-70-43-16-9-11-36(33(43)3)35-18-20-45(56-24-35)64-23-22-34-10-7-12-37(40(34)27-64)50(68)60-52-58-41-14-5-6-17-44(41)71-52/h5-18,20,24,31-32,39H,19,21-23,25-30H2,1-4H3,(H,57,67)(H,58,60,68)(H,59,66,69). The molecule has 3 unspecified atom stereocenters. The predicted molar refractivity (Wildman–Crippen MR) is 270 cm³/mol. The second kappa shape index (κ2) is 19.6. The highest BCUT2D eigenvalue weighted by Crippen LogP contribution is 2.36. The van der Waals surface area contributed by atoms with Gasteiger partial charge in [0.05, 0.1) is 46.1 Å². The highest BCUT2D eigenvalue weighted by Gasteiger charge is 2.39. The molecule has 0 spiro atoms. The Kier molecular flexibility index (Phi) is 13.1. The van der Waals surface area contributed by atoms with Gasteiger partial charge in [0.15, 0.2) is 11.7 Å². The minimum absolute atomic E-state index is 0.0541. The highest BCUT2D eigenvalue weighted by molar-refractivity contribution is 7.22. The van der Waals surface area contributed by atoms with E-state index in [9.17, 15) is 19.2 Å². The van der Waals surface area contributed by atoms with Crippen molar-refractivity contribution in [1.82, 2.24) is 34.9 Å². The molecule has 366 valence electrons. The van der Waals surface area contributed by atoms with Crippen molar-refractivity contribution in [2.45, 2.75) is 70.5 Å². The lowest BCUT2D eigenvalue weighted by atomic mass is 9.92. The van der Waals surface area contributed by atoms with Crippen LogP contribution in [0.3, 0.4) is 0 Å². The molecule has 3 atom stereocenters. The zero-order valence-electron chi connectivity index (χ0n) is 39.9. The van der Waals surface area contributed by atoms with Gasteiger partial charge in [0, 0.05) is 74.4 Å². The second-order valence-electron chi connectivity index (χ2n) is 18.9. The van der Waals surface area contributed by atoms with E-state index in [1.807, 2.05) is 86.3 Å². The number of ether oxygens (including phenoxy) is 1. The van der Waals surface area contributed by atoms with Crippen LogP contribution in [0.5, 0.6) is 5.75 Å². The summed E-state index contributed by atoms with van der Waals surface area (Å²) in [7, 11) is 1.75. The number of piperidine rings is 1. The molecule has 71 heavy (non-hydrogen) atoms. The topological polar surface area (TPSA) is 167 Å². The summed E-state index contributed by atoms with van der Waals surface area (Å²) in [4.78, 5) is 66.9. The molecule has 3 aromatic heterocycles. The molecular weight excluding hydrogens is 927 g/mol. The quantitative estimate of drug-likeness (QED) is 0.0961. The summed E-state index contributed by atoms with van der Waals surface area (Å²) in [6.45, 7) is 6.39. The van der Waals surface area contributed by atoms with Crippen molar-refractivity contribution in [3.63, 3.8) is 0 Å². The Balaban J connectivity index is 0.730. The molecule has 2 saturated heterocycles. The monoisotopic (exact) mass is 980 g/mol. The maximum Gasteiger partial charge on any atom is 0.293 e. The molecule has 0 aliphatic carbocycles. The van der Waals surface area contributed by atoms with Crippen LogP contribution in [0.2, 0.25) is 0 Å². The molecule has 4 aromatic carbocycles. The molecule has 7 aromatic rings. The summed E-state index contributed by atoms with van der Waals surface area (Å²) in [5.74, 6) is -3.77. The third-order valence-electron chi connectivity index (χ3n) is 13.8. The lowest BCUT2D eigenvalue weighted by Gasteiger charge is -2.44. The molecule has 10 rings (SSSR count). The first-order chi connectivity index (χ1) is 34.2. The van der Waals surface area contributed by atoms with Crippen molar-refractivity contribution in [3.05, 3.63) is 125 Å². The number of para-hydroxylation sites is 2. The van der Waals surface area contributed by atoms with E-state index in [2.05, 4.69) is 37.0 Å². The lowest BCUT2D eigenvalue weighted by molar-refractivity contribution is -0.134. The molecule has 0 saturated carbocycles. The fourth-order valence-corrected chi connectivity index (χ4v) is 11.3. The summed E-state index contributed by atoms with van der Waals surface area (Å²) >= 11 is 1.44. The van der Waals surface area contributed by atoms with Crippen molar-refractivity contribution in [2.24, 2.45) is 7.05 Å². The third-order valence-corrected chi connectivity index (χ3v) is 14.8. The molecule has 0 bridgehead atoms. The number of aromatic nitrogens is 4. The van der Waals surface area contributed by atoms with Crippen molar-refractivity contribution in [3.8, 4) is 16.9 Å². The SMILES string of the molecule is Cc1c(OCC(F)(F)CN2CC(C)N(CC(=O)Nc3cccc4c(C5CCC(=O)NC5=O)nn(C)c34)C(C)C2)cccc1-c1ccc(N2CCc3cccc(C(=O)Nc4nc5ccccc5s4)c3C2)nc1. The molecule has 4 amide bonds. The van der Waals surface area contributed by atoms with Gasteiger partial charge < -0.3 is 15.0 Å². The van der Waals surface area contributed by atoms with Gasteiger partial charge in [-0.15, -0.1) is 0 Å². The van der Waals surface area contributed by atoms with E-state index in [0.717, 1.165) is 56.8 Å². The maximum atomic E-state index is 15.8. The number of aryl methyl sites for hydroxylation is 1. The smallest absolute Gasteiger partial charge is 0.293 e. The average molecular weight is 981 g/mol. The Morgan fingerprint density at radius 3 is 2.49 bits per heavy atom. The number of halogens is 2. The second-order valence-corrected chi connectivity index (χ2v) is 19.9. The van der Waals surface area contributed by atoms with Gasteiger partial charge in [0.2, 0.25) is 17.7 Å². The van der Waals surface area contributed by atoms with Crippen molar-refractivity contribution < 1.29 is 32.7 Å². The molecular formula is C53H54F2N10O5S. The Morgan fingerprint density at radius 1 is 0.930 bits per heavy atom. The van der Waals surface area contributed by atoms with Gasteiger partial charge in [-0.25, -0.2) is 18.7 Å². The maximum absolute atomic E-state index is 15.8. The number of imide groups is 1. The van der Waals surface area contributed by atoms with E-state index in [1.165, 1.54) is 11.3 Å². The van der Waals surface area contributed by atoms with E-state index in [1.54, 1.807) is 47.1 Å². The van der Waals surface area contributed by atoms with Gasteiger partial charge in [-0.1, -0.05) is 59.9 Å². The van der Waals surface area contributed by atoms with Gasteiger partial charge >= 0.3 is 0 Å². The number of alkyl halides is 2. The highest BCUT2D eigenvalue weighted by atomic mass is 32.1. The number of thiazole rings is 1. The summed E-state index contributed by atoms with van der Waals surface area (Å²) in [5, 5.41) is 14.3. The van der Waals surface area contributed by atoms with Crippen LogP contribution in [0.25, 0.3) is 32.2 Å². The molecule has 3 aliphatic rings. The molecule has 15 nitrogen and oxygen atoms in total. The van der Waals surface area contributed by atoms with Crippen LogP contribution in [0.15, 0.2) is 97.2 Å². The molecule has 3 N–H and O–H groups in total. The van der Waals surface area contributed by atoms with E-state index in [0.29, 0.717) is 64.8 Å². The minimum Gasteiger partial charge on any atom is -0.487 e. The van der Waals surface area contributed by atoms with E-state index >= 15 is 8.78 Å². The number of amides is 4. The molecule has 6 heterocycles. The number of anilines is 3. The number of piperazine rings is 1. The van der Waals surface area contributed by atoms with Crippen LogP contribution >= 0.6 is 11.3 Å². The van der Waals surface area contributed by atoms with Crippen molar-refractivity contribution in [1.29, 1.82) is 0 Å². The minimum atomic E-state index is -3.16. The van der Waals surface area contributed by atoms with Crippen LogP contribution in [-0.4, -0.2) is 111 Å². The van der Waals surface area contributed by atoms with E-state index in [-0.39, 0.29) is 48.7 Å². The number of nitrogens with one attached hydrogen (secondary N) is 3. The molecule has 18 heteroatoms. The van der Waals surface area contributed by atoms with E-state index < -0.39 is 25.0 Å². The molecule has 2 fully saturated rings. The van der Waals surface area contributed by atoms with Crippen LogP contribution < -0.4 is 25.6 Å². The largest absolute Gasteiger partial charge is 0.487 e. The number of fused-ring (bicyclic) bond motifs is 3. The number of nitrogens with zero attached hydrogens (tertiary/aromatic N) is 7. The van der Waals surface area contributed by atoms with Gasteiger partial charge in [0.1, 0.15) is 11.6 Å². The zero-order valence-corrected chi connectivity index (χ0v) is 40.7. The Morgan fingerprint density at radius 2 is 1.72 bits per heavy atom. The van der Waals surface area contributed by atoms with Gasteiger partial charge in [-0.3, -0.25) is 44.3 Å². The number of carbonyl (C=O) groups is 4. The number of rotatable bonds is 13. The normalized spacial score (nSPS) is 18.9. The van der Waals surface area contributed by atoms with Crippen LogP contribution in [0.4, 0.5) is 25.4 Å². The Labute approximate surface area is 413 Å². The number of hydrogen-bond acceptors (Lipinski definition) is 12. The summed E-state index contributed by atoms with van der Waals surface area (Å²) < 4.78 is 40.0. The van der Waals surface area contributed by atoms with Gasteiger partial charge in [0.25, 0.3) is 11.8 Å². The third kappa shape index (κ3) is 9.96. The first-order valence-electron chi connectivity index (χ1n) is 23.8. The van der Waals surface area contributed by atoms with Crippen LogP contribution in [0, 0.1) is 6.92 Å². The fraction of sp³-hybridized carbons (Fsp3) is 0.340. The summed E-state index contributed by atoms with van der Waals surface area (Å²) in [6, 6.07) is 28.0. The lowest BCUT2D eigenvalue weighted by Crippen LogP contribution is -2.60. The van der Waals surface area contributed by atoms with Crippen LogP contribution in [0.1, 0.15) is 65.3 Å². The number of pyridine rings is 1. The molecule has 0 radical (unpaired) electrons. The average Bonchev–Trinajstić information content (AvgIpc) is 3.92. The Bertz CT molecular complexity index is 3150. The Hall–Kier alpha value is -7.15. The summed E-state index contributed by atoms with van der Waals surface area (Å²) in [5.41, 5.74) is 7.63. The van der Waals surface area contributed by atoms with Crippen LogP contribution in [-0.2, 0) is 34.4 Å². The number of hydrogen-bond donors (Lipinski definition) is 3. The van der Waals surface area contributed by atoms with Gasteiger partial charge in [-0.05, 0) is 98.3 Å².